The van der Waals surface area contributed by atoms with Gasteiger partial charge in [-0.25, -0.2) is 0 Å². The quantitative estimate of drug-likeness (QED) is 0.737. The molecule has 0 spiro atoms. The summed E-state index contributed by atoms with van der Waals surface area (Å²) >= 11 is 1.14. The summed E-state index contributed by atoms with van der Waals surface area (Å²) in [5, 5.41) is -0.340. The summed E-state index contributed by atoms with van der Waals surface area (Å²) in [6, 6.07) is 15.7. The molecule has 1 unspecified atom stereocenters. The molecular formula is C19H18N2O3S2. The van der Waals surface area contributed by atoms with Gasteiger partial charge in [0.2, 0.25) is 5.91 Å². The number of nitrogens with zero attached hydrogens (tertiary/aromatic N) is 2. The van der Waals surface area contributed by atoms with Crippen molar-refractivity contribution in [2.24, 2.45) is 4.40 Å². The van der Waals surface area contributed by atoms with E-state index in [4.69, 9.17) is 0 Å². The third-order valence-electron chi connectivity index (χ3n) is 3.88. The van der Waals surface area contributed by atoms with E-state index in [-0.39, 0.29) is 22.5 Å². The molecule has 5 nitrogen and oxygen atoms in total. The van der Waals surface area contributed by atoms with Crippen LogP contribution in [0.4, 0.5) is 0 Å². The largest absolute Gasteiger partial charge is 0.285 e. The molecule has 0 radical (unpaired) electrons. The van der Waals surface area contributed by atoms with Crippen LogP contribution in [-0.4, -0.2) is 30.9 Å². The van der Waals surface area contributed by atoms with E-state index in [0.29, 0.717) is 0 Å². The zero-order valence-electron chi connectivity index (χ0n) is 14.2. The average molecular weight is 386 g/mol. The molecule has 134 valence electrons. The van der Waals surface area contributed by atoms with E-state index in [9.17, 15) is 13.2 Å². The van der Waals surface area contributed by atoms with Crippen molar-refractivity contribution >= 4 is 32.9 Å². The van der Waals surface area contributed by atoms with E-state index in [1.54, 1.807) is 18.2 Å². The highest BCUT2D eigenvalue weighted by atomic mass is 32.2. The Kier molecular flexibility index (Phi) is 5.29. The molecule has 0 aliphatic carbocycles. The van der Waals surface area contributed by atoms with Crippen LogP contribution in [0.2, 0.25) is 0 Å². The molecule has 26 heavy (non-hydrogen) atoms. The molecule has 2 aromatic carbocycles. The first kappa shape index (κ1) is 18.4. The number of benzene rings is 2. The molecule has 1 heterocycles. The fraction of sp³-hybridized carbons (Fsp3) is 0.158. The van der Waals surface area contributed by atoms with Gasteiger partial charge < -0.3 is 0 Å². The fourth-order valence-electron chi connectivity index (χ4n) is 2.53. The van der Waals surface area contributed by atoms with Crippen molar-refractivity contribution in [3.63, 3.8) is 0 Å². The van der Waals surface area contributed by atoms with E-state index in [0.717, 1.165) is 22.9 Å². The van der Waals surface area contributed by atoms with E-state index in [2.05, 4.69) is 11.0 Å². The Morgan fingerprint density at radius 2 is 1.81 bits per heavy atom. The average Bonchev–Trinajstić information content (AvgIpc) is 2.92. The fourth-order valence-corrected chi connectivity index (χ4v) is 4.91. The first-order valence-corrected chi connectivity index (χ1v) is 10.3. The smallest absolute Gasteiger partial charge is 0.284 e. The van der Waals surface area contributed by atoms with Crippen LogP contribution in [0.15, 0.2) is 76.5 Å². The lowest BCUT2D eigenvalue weighted by Gasteiger charge is -2.13. The number of sulfonamides is 1. The number of thioether (sulfide) groups is 1. The second-order valence-electron chi connectivity index (χ2n) is 5.81. The standard InChI is InChI=1S/C19H18N2O3S2/c1-3-13-21-18(22)17(15-7-5-4-6-8-15)25-19(21)20-26(23,24)16-11-9-14(2)10-12-16/h3-12,17H,1,13H2,2H3. The molecule has 3 rings (SSSR count). The first-order chi connectivity index (χ1) is 12.4. The van der Waals surface area contributed by atoms with Crippen LogP contribution >= 0.6 is 11.8 Å². The topological polar surface area (TPSA) is 66.8 Å². The zero-order valence-corrected chi connectivity index (χ0v) is 15.8. The molecule has 7 heteroatoms. The lowest BCUT2D eigenvalue weighted by atomic mass is 10.1. The van der Waals surface area contributed by atoms with Gasteiger partial charge in [-0.05, 0) is 24.6 Å². The molecule has 1 aliphatic heterocycles. The maximum atomic E-state index is 12.8. The molecule has 1 fully saturated rings. The maximum Gasteiger partial charge on any atom is 0.284 e. The van der Waals surface area contributed by atoms with Gasteiger partial charge in [-0.1, -0.05) is 65.9 Å². The number of amidine groups is 1. The van der Waals surface area contributed by atoms with Crippen LogP contribution in [0, 0.1) is 6.92 Å². The second kappa shape index (κ2) is 7.47. The number of carbonyl (C=O) groups excluding carboxylic acids is 1. The van der Waals surface area contributed by atoms with Crippen LogP contribution in [0.25, 0.3) is 0 Å². The highest BCUT2D eigenvalue weighted by Crippen LogP contribution is 2.40. The number of hydrogen-bond acceptors (Lipinski definition) is 4. The Morgan fingerprint density at radius 3 is 2.42 bits per heavy atom. The van der Waals surface area contributed by atoms with Gasteiger partial charge in [0, 0.05) is 6.54 Å². The van der Waals surface area contributed by atoms with Gasteiger partial charge in [0.05, 0.1) is 4.90 Å². The molecule has 1 aliphatic rings. The summed E-state index contributed by atoms with van der Waals surface area (Å²) in [5.74, 6) is -0.195. The monoisotopic (exact) mass is 386 g/mol. The van der Waals surface area contributed by atoms with Crippen molar-refractivity contribution < 1.29 is 13.2 Å². The van der Waals surface area contributed by atoms with Crippen LogP contribution in [0.1, 0.15) is 16.4 Å². The summed E-state index contributed by atoms with van der Waals surface area (Å²) in [5.41, 5.74) is 1.77. The minimum absolute atomic E-state index is 0.102. The minimum Gasteiger partial charge on any atom is -0.285 e. The van der Waals surface area contributed by atoms with Gasteiger partial charge in [0.1, 0.15) is 5.25 Å². The third-order valence-corrected chi connectivity index (χ3v) is 6.50. The molecule has 1 atom stereocenters. The molecule has 0 N–H and O–H groups in total. The van der Waals surface area contributed by atoms with E-state index < -0.39 is 15.3 Å². The van der Waals surface area contributed by atoms with Gasteiger partial charge >= 0.3 is 0 Å². The van der Waals surface area contributed by atoms with Crippen molar-refractivity contribution in [3.8, 4) is 0 Å². The molecular weight excluding hydrogens is 368 g/mol. The predicted octanol–water partition coefficient (Wildman–Crippen LogP) is 3.54. The van der Waals surface area contributed by atoms with Crippen LogP contribution in [0.5, 0.6) is 0 Å². The van der Waals surface area contributed by atoms with Crippen molar-refractivity contribution in [1.82, 2.24) is 4.90 Å². The minimum atomic E-state index is -3.90. The van der Waals surface area contributed by atoms with Crippen LogP contribution in [0.3, 0.4) is 0 Å². The summed E-state index contributed by atoms with van der Waals surface area (Å²) in [4.78, 5) is 14.2. The Hall–Kier alpha value is -2.38. The maximum absolute atomic E-state index is 12.8. The number of amides is 1. The SMILES string of the molecule is C=CCN1C(=O)C(c2ccccc2)SC1=NS(=O)(=O)c1ccc(C)cc1. The van der Waals surface area contributed by atoms with E-state index in [1.165, 1.54) is 17.0 Å². The van der Waals surface area contributed by atoms with Crippen molar-refractivity contribution in [1.29, 1.82) is 0 Å². The Balaban J connectivity index is 1.98. The molecule has 0 bridgehead atoms. The Bertz CT molecular complexity index is 952. The Labute approximate surface area is 157 Å². The van der Waals surface area contributed by atoms with Gasteiger partial charge in [-0.3, -0.25) is 9.69 Å². The number of hydrogen-bond donors (Lipinski definition) is 0. The normalized spacial score (nSPS) is 19.1. The van der Waals surface area contributed by atoms with Gasteiger partial charge in [0.25, 0.3) is 10.0 Å². The molecule has 2 aromatic rings. The number of aryl methyl sites for hydroxylation is 1. The third kappa shape index (κ3) is 3.73. The summed E-state index contributed by atoms with van der Waals surface area (Å²) < 4.78 is 29.2. The number of carbonyl (C=O) groups is 1. The van der Waals surface area contributed by atoms with Crippen molar-refractivity contribution in [2.45, 2.75) is 17.1 Å². The first-order valence-electron chi connectivity index (χ1n) is 7.98. The summed E-state index contributed by atoms with van der Waals surface area (Å²) in [6.07, 6.45) is 1.56. The molecule has 0 saturated carbocycles. The lowest BCUT2D eigenvalue weighted by molar-refractivity contribution is -0.125. The summed E-state index contributed by atoms with van der Waals surface area (Å²) in [7, 11) is -3.90. The second-order valence-corrected chi connectivity index (χ2v) is 8.48. The number of rotatable bonds is 5. The predicted molar refractivity (Wildman–Crippen MR) is 104 cm³/mol. The molecule has 1 saturated heterocycles. The van der Waals surface area contributed by atoms with Gasteiger partial charge in [0.15, 0.2) is 5.17 Å². The van der Waals surface area contributed by atoms with Gasteiger partial charge in [-0.2, -0.15) is 8.42 Å². The zero-order chi connectivity index (χ0) is 18.7. The molecule has 0 aromatic heterocycles. The van der Waals surface area contributed by atoms with Crippen molar-refractivity contribution in [2.75, 3.05) is 6.54 Å². The van der Waals surface area contributed by atoms with Crippen LogP contribution < -0.4 is 0 Å². The highest BCUT2D eigenvalue weighted by molar-refractivity contribution is 8.15. The molecule has 1 amide bonds. The lowest BCUT2D eigenvalue weighted by Crippen LogP contribution is -2.30. The summed E-state index contributed by atoms with van der Waals surface area (Å²) in [6.45, 7) is 5.73. The highest BCUT2D eigenvalue weighted by Gasteiger charge is 2.39. The Morgan fingerprint density at radius 1 is 1.15 bits per heavy atom. The van der Waals surface area contributed by atoms with E-state index >= 15 is 0 Å². The van der Waals surface area contributed by atoms with Gasteiger partial charge in [-0.15, -0.1) is 11.0 Å². The van der Waals surface area contributed by atoms with Crippen molar-refractivity contribution in [3.05, 3.63) is 78.4 Å². The van der Waals surface area contributed by atoms with Crippen LogP contribution in [-0.2, 0) is 14.8 Å². The van der Waals surface area contributed by atoms with E-state index in [1.807, 2.05) is 37.3 Å².